The van der Waals surface area contributed by atoms with E-state index in [1.165, 1.54) is 12.1 Å². The van der Waals surface area contributed by atoms with E-state index in [2.05, 4.69) is 37.9 Å². The van der Waals surface area contributed by atoms with Crippen LogP contribution in [-0.4, -0.2) is 12.0 Å². The molecule has 116 valence electrons. The van der Waals surface area contributed by atoms with Gasteiger partial charge in [0.2, 0.25) is 0 Å². The van der Waals surface area contributed by atoms with E-state index in [0.717, 1.165) is 14.5 Å². The molecule has 2 rings (SSSR count). The van der Waals surface area contributed by atoms with Crippen LogP contribution in [0.4, 0.5) is 5.69 Å². The third kappa shape index (κ3) is 3.97. The van der Waals surface area contributed by atoms with Gasteiger partial charge in [0.05, 0.1) is 32.6 Å². The summed E-state index contributed by atoms with van der Waals surface area (Å²) in [6.45, 7) is 0. The molecule has 23 heavy (non-hydrogen) atoms. The van der Waals surface area contributed by atoms with E-state index >= 15 is 0 Å². The number of rotatable bonds is 4. The Labute approximate surface area is 149 Å². The summed E-state index contributed by atoms with van der Waals surface area (Å²) < 4.78 is 6.70. The topological polar surface area (TPSA) is 76.2 Å². The summed E-state index contributed by atoms with van der Waals surface area (Å²) in [4.78, 5) is 10.4. The third-order valence-corrected chi connectivity index (χ3v) is 4.20. The molecule has 0 saturated carbocycles. The van der Waals surface area contributed by atoms with Crippen LogP contribution in [0, 0.1) is 21.4 Å². The lowest BCUT2D eigenvalue weighted by atomic mass is 10.0. The first-order chi connectivity index (χ1) is 11.0. The van der Waals surface area contributed by atoms with Gasteiger partial charge in [-0.3, -0.25) is 10.1 Å². The van der Waals surface area contributed by atoms with Gasteiger partial charge >= 0.3 is 0 Å². The number of nitro benzene ring substituents is 1. The molecule has 0 saturated heterocycles. The molecule has 0 N–H and O–H groups in total. The van der Waals surface area contributed by atoms with E-state index in [1.807, 2.05) is 0 Å². The number of allylic oxidation sites excluding steroid dienone is 1. The molecule has 0 spiro atoms. The van der Waals surface area contributed by atoms with Gasteiger partial charge < -0.3 is 4.74 Å². The minimum atomic E-state index is -0.487. The monoisotopic (exact) mass is 436 g/mol. The Balaban J connectivity index is 2.50. The highest BCUT2D eigenvalue weighted by molar-refractivity contribution is 9.11. The number of hydrogen-bond donors (Lipinski definition) is 0. The number of hydrogen-bond acceptors (Lipinski definition) is 4. The lowest BCUT2D eigenvalue weighted by Gasteiger charge is -2.07. The highest BCUT2D eigenvalue weighted by Crippen LogP contribution is 2.35. The smallest absolute Gasteiger partial charge is 0.270 e. The van der Waals surface area contributed by atoms with E-state index < -0.39 is 4.92 Å². The average molecular weight is 438 g/mol. The van der Waals surface area contributed by atoms with Gasteiger partial charge in [-0.05, 0) is 61.2 Å². The predicted molar refractivity (Wildman–Crippen MR) is 95.0 cm³/mol. The highest BCUT2D eigenvalue weighted by atomic mass is 79.9. The second kappa shape index (κ2) is 7.40. The second-order valence-corrected chi connectivity index (χ2v) is 6.20. The minimum absolute atomic E-state index is 0.0549. The maximum absolute atomic E-state index is 10.9. The van der Waals surface area contributed by atoms with Crippen molar-refractivity contribution >= 4 is 49.2 Å². The number of nitriles is 1. The van der Waals surface area contributed by atoms with Crippen molar-refractivity contribution in [3.05, 3.63) is 66.6 Å². The SMILES string of the molecule is COc1c(Br)cc(C=C(C#N)c2cccc([N+](=O)[O-])c2)cc1Br. The van der Waals surface area contributed by atoms with Gasteiger partial charge in [0.1, 0.15) is 5.75 Å². The largest absolute Gasteiger partial charge is 0.494 e. The first kappa shape index (κ1) is 17.2. The summed E-state index contributed by atoms with van der Waals surface area (Å²) in [6.07, 6.45) is 1.66. The van der Waals surface area contributed by atoms with Crippen molar-refractivity contribution in [2.45, 2.75) is 0 Å². The number of non-ortho nitro benzene ring substituents is 1. The fraction of sp³-hybridized carbons (Fsp3) is 0.0625. The first-order valence-electron chi connectivity index (χ1n) is 6.36. The number of benzene rings is 2. The molecule has 0 bridgehead atoms. The number of methoxy groups -OCH3 is 1. The molecule has 0 fully saturated rings. The molecular weight excluding hydrogens is 428 g/mol. The molecule has 2 aromatic carbocycles. The van der Waals surface area contributed by atoms with Crippen molar-refractivity contribution in [1.29, 1.82) is 5.26 Å². The van der Waals surface area contributed by atoms with Crippen LogP contribution in [0.1, 0.15) is 11.1 Å². The van der Waals surface area contributed by atoms with E-state index in [9.17, 15) is 15.4 Å². The van der Waals surface area contributed by atoms with Gasteiger partial charge in [0.15, 0.2) is 0 Å². The maximum Gasteiger partial charge on any atom is 0.270 e. The molecule has 0 radical (unpaired) electrons. The molecule has 0 atom stereocenters. The van der Waals surface area contributed by atoms with Crippen molar-refractivity contribution in [3.8, 4) is 11.8 Å². The van der Waals surface area contributed by atoms with Gasteiger partial charge in [0.25, 0.3) is 5.69 Å². The molecule has 5 nitrogen and oxygen atoms in total. The summed E-state index contributed by atoms with van der Waals surface area (Å²) in [6, 6.07) is 11.7. The maximum atomic E-state index is 10.9. The van der Waals surface area contributed by atoms with Crippen LogP contribution in [0.25, 0.3) is 11.6 Å². The average Bonchev–Trinajstić information content (AvgIpc) is 2.52. The molecule has 0 aliphatic rings. The molecule has 0 heterocycles. The van der Waals surface area contributed by atoms with Gasteiger partial charge in [-0.15, -0.1) is 0 Å². The van der Waals surface area contributed by atoms with Crippen molar-refractivity contribution in [2.24, 2.45) is 0 Å². The highest BCUT2D eigenvalue weighted by Gasteiger charge is 2.11. The quantitative estimate of drug-likeness (QED) is 0.285. The van der Waals surface area contributed by atoms with Gasteiger partial charge in [-0.2, -0.15) is 5.26 Å². The zero-order valence-corrected chi connectivity index (χ0v) is 15.1. The van der Waals surface area contributed by atoms with Crippen molar-refractivity contribution in [1.82, 2.24) is 0 Å². The number of nitro groups is 1. The molecule has 7 heteroatoms. The van der Waals surface area contributed by atoms with E-state index in [4.69, 9.17) is 4.74 Å². The summed E-state index contributed by atoms with van der Waals surface area (Å²) in [7, 11) is 1.56. The molecule has 0 aliphatic carbocycles. The standard InChI is InChI=1S/C16H10Br2N2O3/c1-23-16-14(17)6-10(7-15(16)18)5-12(9-19)11-3-2-4-13(8-11)20(21)22/h2-8H,1H3. The molecule has 0 unspecified atom stereocenters. The summed E-state index contributed by atoms with van der Waals surface area (Å²) in [5.74, 6) is 0.649. The van der Waals surface area contributed by atoms with Crippen LogP contribution in [-0.2, 0) is 0 Å². The van der Waals surface area contributed by atoms with Crippen LogP contribution in [0.3, 0.4) is 0 Å². The van der Waals surface area contributed by atoms with Crippen molar-refractivity contribution in [2.75, 3.05) is 7.11 Å². The lowest BCUT2D eigenvalue weighted by Crippen LogP contribution is -1.90. The number of nitrogens with zero attached hydrogens (tertiary/aromatic N) is 2. The minimum Gasteiger partial charge on any atom is -0.494 e. The van der Waals surface area contributed by atoms with Gasteiger partial charge in [-0.1, -0.05) is 12.1 Å². The third-order valence-electron chi connectivity index (χ3n) is 3.02. The fourth-order valence-electron chi connectivity index (χ4n) is 1.99. The van der Waals surface area contributed by atoms with Crippen molar-refractivity contribution < 1.29 is 9.66 Å². The Bertz CT molecular complexity index is 818. The van der Waals surface area contributed by atoms with Gasteiger partial charge in [0, 0.05) is 12.1 Å². The van der Waals surface area contributed by atoms with Crippen molar-refractivity contribution in [3.63, 3.8) is 0 Å². The second-order valence-electron chi connectivity index (χ2n) is 4.50. The Morgan fingerprint density at radius 1 is 1.30 bits per heavy atom. The first-order valence-corrected chi connectivity index (χ1v) is 7.94. The molecule has 0 amide bonds. The van der Waals surface area contributed by atoms with Crippen LogP contribution >= 0.6 is 31.9 Å². The molecule has 0 aliphatic heterocycles. The van der Waals surface area contributed by atoms with Crippen LogP contribution < -0.4 is 4.74 Å². The zero-order valence-electron chi connectivity index (χ0n) is 11.9. The van der Waals surface area contributed by atoms with E-state index in [1.54, 1.807) is 37.5 Å². The number of ether oxygens (including phenoxy) is 1. The summed E-state index contributed by atoms with van der Waals surface area (Å²) in [5, 5.41) is 20.2. The zero-order chi connectivity index (χ0) is 17.0. The Morgan fingerprint density at radius 3 is 2.48 bits per heavy atom. The molecular formula is C16H10Br2N2O3. The van der Waals surface area contributed by atoms with Crippen LogP contribution in [0.15, 0.2) is 45.3 Å². The van der Waals surface area contributed by atoms with Crippen LogP contribution in [0.5, 0.6) is 5.75 Å². The predicted octanol–water partition coefficient (Wildman–Crippen LogP) is 5.19. The lowest BCUT2D eigenvalue weighted by molar-refractivity contribution is -0.384. The van der Waals surface area contributed by atoms with E-state index in [0.29, 0.717) is 16.9 Å². The van der Waals surface area contributed by atoms with Gasteiger partial charge in [-0.25, -0.2) is 0 Å². The Hall–Kier alpha value is -2.17. The summed E-state index contributed by atoms with van der Waals surface area (Å²) >= 11 is 6.80. The summed E-state index contributed by atoms with van der Waals surface area (Å²) in [5.41, 5.74) is 1.52. The fourth-order valence-corrected chi connectivity index (χ4v) is 3.54. The Morgan fingerprint density at radius 2 is 1.96 bits per heavy atom. The Kier molecular flexibility index (Phi) is 5.53. The van der Waals surface area contributed by atoms with E-state index in [-0.39, 0.29) is 5.69 Å². The molecule has 2 aromatic rings. The normalized spacial score (nSPS) is 11.0. The molecule has 0 aromatic heterocycles. The van der Waals surface area contributed by atoms with Crippen LogP contribution in [0.2, 0.25) is 0 Å². The number of halogens is 2.